The first kappa shape index (κ1) is 19.8. The highest BCUT2D eigenvalue weighted by molar-refractivity contribution is 6.07. The van der Waals surface area contributed by atoms with Crippen molar-refractivity contribution in [2.75, 3.05) is 11.9 Å². The maximum Gasteiger partial charge on any atom is 0.326 e. The zero-order valence-corrected chi connectivity index (χ0v) is 16.0. The molecule has 0 saturated carbocycles. The Bertz CT molecular complexity index is 789. The molecule has 0 unspecified atom stereocenters. The largest absolute Gasteiger partial charge is 0.451 e. The van der Waals surface area contributed by atoms with Gasteiger partial charge in [-0.15, -0.1) is 0 Å². The number of amides is 3. The van der Waals surface area contributed by atoms with E-state index in [9.17, 15) is 19.2 Å². The number of aryl methyl sites for hydroxylation is 1. The zero-order valence-electron chi connectivity index (χ0n) is 16.0. The van der Waals surface area contributed by atoms with Crippen LogP contribution in [0.15, 0.2) is 36.4 Å². The van der Waals surface area contributed by atoms with Gasteiger partial charge in [-0.2, -0.15) is 0 Å². The quantitative estimate of drug-likeness (QED) is 0.460. The van der Waals surface area contributed by atoms with Gasteiger partial charge in [0.05, 0.1) is 11.8 Å². The molecular weight excluding hydrogens is 360 g/mol. The molecule has 0 radical (unpaired) electrons. The number of nitrogens with one attached hydrogen (secondary N) is 1. The number of hydrogen-bond donors (Lipinski definition) is 1. The van der Waals surface area contributed by atoms with E-state index in [4.69, 9.17) is 4.74 Å². The van der Waals surface area contributed by atoms with Gasteiger partial charge in [0.1, 0.15) is 6.54 Å². The Morgan fingerprint density at radius 2 is 1.68 bits per heavy atom. The standard InChI is InChI=1S/C21H24N2O5/c1-3-14-8-10-15(11-9-14)22-19(25)13(2)28-18(24)12-23-20(26)16-6-4-5-7-17(16)21(23)27/h4-5,8-11,13,16-17H,3,6-7,12H2,1-2H3,(H,22,25)/t13-,16-,17+/m0/s1. The van der Waals surface area contributed by atoms with E-state index in [1.807, 2.05) is 31.2 Å². The van der Waals surface area contributed by atoms with Gasteiger partial charge >= 0.3 is 5.97 Å². The number of fused-ring (bicyclic) bond motifs is 1. The maximum absolute atomic E-state index is 12.4. The maximum atomic E-state index is 12.4. The Balaban J connectivity index is 1.53. The Labute approximate surface area is 163 Å². The van der Waals surface area contributed by atoms with Gasteiger partial charge in [0.25, 0.3) is 5.91 Å². The molecule has 28 heavy (non-hydrogen) atoms. The molecule has 0 bridgehead atoms. The van der Waals surface area contributed by atoms with E-state index in [2.05, 4.69) is 5.32 Å². The second-order valence-electron chi connectivity index (χ2n) is 7.09. The predicted molar refractivity (Wildman–Crippen MR) is 102 cm³/mol. The van der Waals surface area contributed by atoms with Crippen LogP contribution in [0.4, 0.5) is 5.69 Å². The normalized spacial score (nSPS) is 22.0. The predicted octanol–water partition coefficient (Wildman–Crippen LogP) is 2.07. The van der Waals surface area contributed by atoms with Crippen LogP contribution in [-0.2, 0) is 30.3 Å². The number of esters is 1. The first-order valence-electron chi connectivity index (χ1n) is 9.50. The van der Waals surface area contributed by atoms with Crippen molar-refractivity contribution in [2.45, 2.75) is 39.2 Å². The number of nitrogens with zero attached hydrogens (tertiary/aromatic N) is 1. The number of rotatable bonds is 6. The van der Waals surface area contributed by atoms with E-state index in [1.165, 1.54) is 6.92 Å². The van der Waals surface area contributed by atoms with Gasteiger partial charge in [-0.3, -0.25) is 24.1 Å². The summed E-state index contributed by atoms with van der Waals surface area (Å²) in [5, 5.41) is 2.68. The van der Waals surface area contributed by atoms with Crippen molar-refractivity contribution in [2.24, 2.45) is 11.8 Å². The molecule has 148 valence electrons. The second kappa shape index (κ2) is 8.37. The van der Waals surface area contributed by atoms with Crippen molar-refractivity contribution in [3.8, 4) is 0 Å². The third-order valence-electron chi connectivity index (χ3n) is 5.19. The van der Waals surface area contributed by atoms with Crippen molar-refractivity contribution in [3.63, 3.8) is 0 Å². The molecule has 7 heteroatoms. The van der Waals surface area contributed by atoms with E-state index in [1.54, 1.807) is 12.1 Å². The number of hydrogen-bond acceptors (Lipinski definition) is 5. The lowest BCUT2D eigenvalue weighted by molar-refractivity contribution is -0.158. The fourth-order valence-electron chi connectivity index (χ4n) is 3.51. The van der Waals surface area contributed by atoms with Crippen molar-refractivity contribution in [3.05, 3.63) is 42.0 Å². The number of imide groups is 1. The lowest BCUT2D eigenvalue weighted by atomic mass is 9.85. The molecular formula is C21H24N2O5. The lowest BCUT2D eigenvalue weighted by Crippen LogP contribution is -2.39. The molecule has 3 atom stereocenters. The third-order valence-corrected chi connectivity index (χ3v) is 5.19. The van der Waals surface area contributed by atoms with Gasteiger partial charge in [0, 0.05) is 5.69 Å². The molecule has 1 aliphatic heterocycles. The van der Waals surface area contributed by atoms with Crippen LogP contribution in [-0.4, -0.2) is 41.2 Å². The van der Waals surface area contributed by atoms with Crippen molar-refractivity contribution < 1.29 is 23.9 Å². The molecule has 1 heterocycles. The van der Waals surface area contributed by atoms with Crippen LogP contribution in [0.1, 0.15) is 32.3 Å². The summed E-state index contributed by atoms with van der Waals surface area (Å²) in [6, 6.07) is 7.38. The minimum atomic E-state index is -1.05. The van der Waals surface area contributed by atoms with Crippen molar-refractivity contribution >= 4 is 29.4 Å². The van der Waals surface area contributed by atoms with E-state index >= 15 is 0 Å². The topological polar surface area (TPSA) is 92.8 Å². The average Bonchev–Trinajstić information content (AvgIpc) is 2.93. The molecule has 2 aliphatic rings. The highest BCUT2D eigenvalue weighted by atomic mass is 16.5. The van der Waals surface area contributed by atoms with Crippen molar-refractivity contribution in [1.29, 1.82) is 0 Å². The summed E-state index contributed by atoms with van der Waals surface area (Å²) in [6.45, 7) is 3.02. The molecule has 1 saturated heterocycles. The summed E-state index contributed by atoms with van der Waals surface area (Å²) in [5.74, 6) is -2.73. The monoisotopic (exact) mass is 384 g/mol. The van der Waals surface area contributed by atoms with Crippen LogP contribution >= 0.6 is 0 Å². The molecule has 3 amide bonds. The summed E-state index contributed by atoms with van der Waals surface area (Å²) in [5.41, 5.74) is 1.75. The van der Waals surface area contributed by atoms with Crippen LogP contribution < -0.4 is 5.32 Å². The molecule has 1 N–H and O–H groups in total. The summed E-state index contributed by atoms with van der Waals surface area (Å²) in [7, 11) is 0. The van der Waals surface area contributed by atoms with E-state index in [0.717, 1.165) is 16.9 Å². The SMILES string of the molecule is CCc1ccc(NC(=O)[C@H](C)OC(=O)CN2C(=O)[C@H]3CC=CC[C@H]3C2=O)cc1. The lowest BCUT2D eigenvalue weighted by Gasteiger charge is -2.17. The highest BCUT2D eigenvalue weighted by Crippen LogP contribution is 2.34. The number of benzene rings is 1. The van der Waals surface area contributed by atoms with Crippen LogP contribution in [0, 0.1) is 11.8 Å². The fourth-order valence-corrected chi connectivity index (χ4v) is 3.51. The molecule has 0 spiro atoms. The molecule has 1 fully saturated rings. The van der Waals surface area contributed by atoms with E-state index in [0.29, 0.717) is 18.5 Å². The summed E-state index contributed by atoms with van der Waals surface area (Å²) in [6.07, 6.45) is 4.64. The number of carbonyl (C=O) groups is 4. The van der Waals surface area contributed by atoms with Gasteiger partial charge in [-0.25, -0.2) is 0 Å². The molecule has 0 aromatic heterocycles. The van der Waals surface area contributed by atoms with Gasteiger partial charge in [-0.1, -0.05) is 31.2 Å². The Kier molecular flexibility index (Phi) is 5.92. The summed E-state index contributed by atoms with van der Waals surface area (Å²) in [4.78, 5) is 50.1. The molecule has 1 aromatic rings. The third kappa shape index (κ3) is 4.13. The number of carbonyl (C=O) groups excluding carboxylic acids is 4. The molecule has 1 aliphatic carbocycles. The Morgan fingerprint density at radius 3 is 2.21 bits per heavy atom. The number of likely N-dealkylation sites (tertiary alicyclic amines) is 1. The first-order valence-corrected chi connectivity index (χ1v) is 9.50. The van der Waals surface area contributed by atoms with Gasteiger partial charge < -0.3 is 10.1 Å². The van der Waals surface area contributed by atoms with Crippen LogP contribution in [0.2, 0.25) is 0 Å². The summed E-state index contributed by atoms with van der Waals surface area (Å²) >= 11 is 0. The van der Waals surface area contributed by atoms with Gasteiger partial charge in [-0.05, 0) is 43.9 Å². The van der Waals surface area contributed by atoms with Gasteiger partial charge in [0.2, 0.25) is 11.8 Å². The Hall–Kier alpha value is -2.96. The van der Waals surface area contributed by atoms with E-state index in [-0.39, 0.29) is 11.8 Å². The van der Waals surface area contributed by atoms with Crippen LogP contribution in [0.25, 0.3) is 0 Å². The minimum absolute atomic E-state index is 0.343. The highest BCUT2D eigenvalue weighted by Gasteiger charge is 2.47. The van der Waals surface area contributed by atoms with Crippen molar-refractivity contribution in [1.82, 2.24) is 4.90 Å². The Morgan fingerprint density at radius 1 is 1.11 bits per heavy atom. The van der Waals surface area contributed by atoms with E-state index < -0.39 is 36.4 Å². The van der Waals surface area contributed by atoms with Crippen LogP contribution in [0.3, 0.4) is 0 Å². The first-order chi connectivity index (χ1) is 13.4. The zero-order chi connectivity index (χ0) is 20.3. The number of anilines is 1. The summed E-state index contributed by atoms with van der Waals surface area (Å²) < 4.78 is 5.13. The minimum Gasteiger partial charge on any atom is -0.451 e. The van der Waals surface area contributed by atoms with Gasteiger partial charge in [0.15, 0.2) is 6.10 Å². The smallest absolute Gasteiger partial charge is 0.326 e. The second-order valence-corrected chi connectivity index (χ2v) is 7.09. The van der Waals surface area contributed by atoms with Crippen LogP contribution in [0.5, 0.6) is 0 Å². The molecule has 7 nitrogen and oxygen atoms in total. The molecule has 3 rings (SSSR count). The molecule has 1 aromatic carbocycles. The number of allylic oxidation sites excluding steroid dienone is 2. The fraction of sp³-hybridized carbons (Fsp3) is 0.429. The number of ether oxygens (including phenoxy) is 1. The average molecular weight is 384 g/mol.